The van der Waals surface area contributed by atoms with Crippen molar-refractivity contribution in [2.75, 3.05) is 20.6 Å². The maximum absolute atomic E-state index is 13.2. The molecule has 8 heteroatoms. The van der Waals surface area contributed by atoms with Gasteiger partial charge in [0, 0.05) is 37.1 Å². The minimum atomic E-state index is -4.31. The lowest BCUT2D eigenvalue weighted by molar-refractivity contribution is -0.137. The molecular weight excluding hydrogens is 516 g/mol. The molecule has 1 aliphatic carbocycles. The Morgan fingerprint density at radius 3 is 2.39 bits per heavy atom. The standard InChI is InChI=1S/C23H33F3N4.HI/c1-27-21(29-18-13-19-8-4-9-20(14-18)30(19)2)28-15-22(10-5-11-22)16-6-3-7-17(12-16)23(24,25)26;/h3,6-7,12,18-20H,4-5,8-11,13-15H2,1-2H3,(H2,27,28,29);1H. The lowest BCUT2D eigenvalue weighted by Crippen LogP contribution is -2.57. The van der Waals surface area contributed by atoms with E-state index in [4.69, 9.17) is 0 Å². The molecule has 2 bridgehead atoms. The number of halogens is 4. The molecular formula is C23H34F3IN4. The number of piperidine rings is 2. The zero-order valence-electron chi connectivity index (χ0n) is 18.3. The number of fused-ring (bicyclic) bond motifs is 2. The molecule has 2 saturated heterocycles. The Kier molecular flexibility index (Phi) is 7.82. The Bertz CT molecular complexity index is 764. The van der Waals surface area contributed by atoms with Crippen LogP contribution < -0.4 is 10.6 Å². The number of hydrogen-bond donors (Lipinski definition) is 2. The van der Waals surface area contributed by atoms with Gasteiger partial charge in [0.2, 0.25) is 0 Å². The summed E-state index contributed by atoms with van der Waals surface area (Å²) in [6.07, 6.45) is 4.61. The molecule has 2 aliphatic heterocycles. The summed E-state index contributed by atoms with van der Waals surface area (Å²) >= 11 is 0. The number of hydrogen-bond acceptors (Lipinski definition) is 2. The highest BCUT2D eigenvalue weighted by atomic mass is 127. The summed E-state index contributed by atoms with van der Waals surface area (Å²) < 4.78 is 39.6. The van der Waals surface area contributed by atoms with Crippen LogP contribution in [-0.2, 0) is 11.6 Å². The molecule has 1 aromatic rings. The summed E-state index contributed by atoms with van der Waals surface area (Å²) in [5, 5.41) is 7.03. The summed E-state index contributed by atoms with van der Waals surface area (Å²) in [7, 11) is 4.01. The van der Waals surface area contributed by atoms with Crippen molar-refractivity contribution in [2.45, 2.75) is 81.1 Å². The first kappa shape index (κ1) is 24.6. The van der Waals surface area contributed by atoms with Gasteiger partial charge in [-0.1, -0.05) is 31.0 Å². The maximum Gasteiger partial charge on any atom is 0.416 e. The van der Waals surface area contributed by atoms with Crippen LogP contribution in [0.3, 0.4) is 0 Å². The summed E-state index contributed by atoms with van der Waals surface area (Å²) in [5.74, 6) is 0.765. The minimum Gasteiger partial charge on any atom is -0.356 e. The smallest absolute Gasteiger partial charge is 0.356 e. The molecule has 2 N–H and O–H groups in total. The molecule has 31 heavy (non-hydrogen) atoms. The van der Waals surface area contributed by atoms with Crippen LogP contribution in [0.4, 0.5) is 13.2 Å². The van der Waals surface area contributed by atoms with Crippen molar-refractivity contribution in [3.8, 4) is 0 Å². The normalized spacial score (nSPS) is 28.3. The quantitative estimate of drug-likeness (QED) is 0.318. The van der Waals surface area contributed by atoms with Crippen LogP contribution in [0.5, 0.6) is 0 Å². The first-order valence-corrected chi connectivity index (χ1v) is 11.2. The molecule has 1 saturated carbocycles. The van der Waals surface area contributed by atoms with Gasteiger partial charge >= 0.3 is 6.18 Å². The lowest BCUT2D eigenvalue weighted by atomic mass is 9.64. The molecule has 2 heterocycles. The van der Waals surface area contributed by atoms with Crippen LogP contribution in [0.2, 0.25) is 0 Å². The van der Waals surface area contributed by atoms with Crippen molar-refractivity contribution in [1.82, 2.24) is 15.5 Å². The van der Waals surface area contributed by atoms with Gasteiger partial charge in [-0.15, -0.1) is 24.0 Å². The van der Waals surface area contributed by atoms with Gasteiger partial charge in [-0.3, -0.25) is 4.99 Å². The summed E-state index contributed by atoms with van der Waals surface area (Å²) in [6.45, 7) is 0.605. The monoisotopic (exact) mass is 550 g/mol. The fourth-order valence-electron chi connectivity index (χ4n) is 5.57. The first-order chi connectivity index (χ1) is 14.3. The van der Waals surface area contributed by atoms with E-state index in [0.29, 0.717) is 24.7 Å². The highest BCUT2D eigenvalue weighted by Gasteiger charge is 2.41. The van der Waals surface area contributed by atoms with E-state index in [1.165, 1.54) is 31.4 Å². The van der Waals surface area contributed by atoms with Crippen LogP contribution in [0.1, 0.15) is 62.5 Å². The zero-order chi connectivity index (χ0) is 21.4. The summed E-state index contributed by atoms with van der Waals surface area (Å²) in [6, 6.07) is 7.52. The zero-order valence-corrected chi connectivity index (χ0v) is 20.7. The number of aliphatic imine (C=N–C) groups is 1. The van der Waals surface area contributed by atoms with E-state index in [0.717, 1.165) is 49.7 Å². The third kappa shape index (κ3) is 5.31. The van der Waals surface area contributed by atoms with Crippen molar-refractivity contribution in [1.29, 1.82) is 0 Å². The van der Waals surface area contributed by atoms with E-state index in [1.54, 1.807) is 7.05 Å². The molecule has 0 aromatic heterocycles. The highest BCUT2D eigenvalue weighted by Crippen LogP contribution is 2.44. The lowest BCUT2D eigenvalue weighted by Gasteiger charge is -2.47. The molecule has 4 nitrogen and oxygen atoms in total. The highest BCUT2D eigenvalue weighted by molar-refractivity contribution is 14.0. The second kappa shape index (κ2) is 9.85. The van der Waals surface area contributed by atoms with E-state index in [1.807, 2.05) is 6.07 Å². The molecule has 1 aromatic carbocycles. The molecule has 2 unspecified atom stereocenters. The Morgan fingerprint density at radius 1 is 1.16 bits per heavy atom. The molecule has 0 spiro atoms. The van der Waals surface area contributed by atoms with Crippen LogP contribution in [0.25, 0.3) is 0 Å². The van der Waals surface area contributed by atoms with Crippen LogP contribution in [0.15, 0.2) is 29.3 Å². The van der Waals surface area contributed by atoms with Crippen molar-refractivity contribution in [2.24, 2.45) is 4.99 Å². The van der Waals surface area contributed by atoms with Gasteiger partial charge in [-0.2, -0.15) is 13.2 Å². The van der Waals surface area contributed by atoms with Gasteiger partial charge in [0.1, 0.15) is 0 Å². The maximum atomic E-state index is 13.2. The van der Waals surface area contributed by atoms with Crippen molar-refractivity contribution in [3.63, 3.8) is 0 Å². The second-order valence-electron chi connectivity index (χ2n) is 9.35. The number of alkyl halides is 3. The predicted octanol–water partition coefficient (Wildman–Crippen LogP) is 4.93. The fraction of sp³-hybridized carbons (Fsp3) is 0.696. The summed E-state index contributed by atoms with van der Waals surface area (Å²) in [4.78, 5) is 6.94. The SMILES string of the molecule is CN=C(NCC1(c2cccc(C(F)(F)F)c2)CCC1)NC1CC2CCCC(C1)N2C.I. The Balaban J connectivity index is 0.00000272. The van der Waals surface area contributed by atoms with Gasteiger partial charge in [-0.05, 0) is 57.2 Å². The molecule has 0 amide bonds. The first-order valence-electron chi connectivity index (χ1n) is 11.2. The van der Waals surface area contributed by atoms with E-state index < -0.39 is 11.7 Å². The Hall–Kier alpha value is -1.03. The number of rotatable bonds is 4. The molecule has 4 rings (SSSR count). The molecule has 0 radical (unpaired) electrons. The van der Waals surface area contributed by atoms with Gasteiger partial charge < -0.3 is 15.5 Å². The van der Waals surface area contributed by atoms with Gasteiger partial charge in [-0.25, -0.2) is 0 Å². The topological polar surface area (TPSA) is 39.7 Å². The van der Waals surface area contributed by atoms with Gasteiger partial charge in [0.25, 0.3) is 0 Å². The average molecular weight is 550 g/mol. The molecule has 3 fully saturated rings. The van der Waals surface area contributed by atoms with E-state index >= 15 is 0 Å². The number of benzene rings is 1. The van der Waals surface area contributed by atoms with E-state index in [-0.39, 0.29) is 29.4 Å². The second-order valence-corrected chi connectivity index (χ2v) is 9.35. The van der Waals surface area contributed by atoms with Gasteiger partial charge in [0.05, 0.1) is 5.56 Å². The van der Waals surface area contributed by atoms with Crippen molar-refractivity contribution >= 4 is 29.9 Å². The van der Waals surface area contributed by atoms with Crippen LogP contribution in [-0.4, -0.2) is 49.6 Å². The average Bonchev–Trinajstić information content (AvgIpc) is 2.66. The van der Waals surface area contributed by atoms with Gasteiger partial charge in [0.15, 0.2) is 5.96 Å². The van der Waals surface area contributed by atoms with E-state index in [2.05, 4.69) is 27.6 Å². The number of nitrogens with one attached hydrogen (secondary N) is 2. The molecule has 174 valence electrons. The van der Waals surface area contributed by atoms with E-state index in [9.17, 15) is 13.2 Å². The largest absolute Gasteiger partial charge is 0.416 e. The predicted molar refractivity (Wildman–Crippen MR) is 129 cm³/mol. The Morgan fingerprint density at radius 2 is 1.84 bits per heavy atom. The van der Waals surface area contributed by atoms with Crippen molar-refractivity contribution < 1.29 is 13.2 Å². The van der Waals surface area contributed by atoms with Crippen molar-refractivity contribution in [3.05, 3.63) is 35.4 Å². The minimum absolute atomic E-state index is 0. The Labute approximate surface area is 200 Å². The summed E-state index contributed by atoms with van der Waals surface area (Å²) in [5.41, 5.74) is -0.0330. The van der Waals surface area contributed by atoms with Crippen LogP contribution in [0, 0.1) is 0 Å². The van der Waals surface area contributed by atoms with Crippen LogP contribution >= 0.6 is 24.0 Å². The third-order valence-corrected chi connectivity index (χ3v) is 7.61. The third-order valence-electron chi connectivity index (χ3n) is 7.61. The number of nitrogens with zero attached hydrogens (tertiary/aromatic N) is 2. The number of guanidine groups is 1. The fourth-order valence-corrected chi connectivity index (χ4v) is 5.57. The molecule has 3 aliphatic rings. The molecule has 2 atom stereocenters.